The van der Waals surface area contributed by atoms with Crippen molar-refractivity contribution in [3.05, 3.63) is 59.7 Å². The lowest BCUT2D eigenvalue weighted by atomic mass is 10.1. The molecule has 0 bridgehead atoms. The van der Waals surface area contributed by atoms with Gasteiger partial charge in [-0.05, 0) is 35.4 Å². The summed E-state index contributed by atoms with van der Waals surface area (Å²) >= 11 is 0. The molecule has 0 aromatic heterocycles. The van der Waals surface area contributed by atoms with Crippen LogP contribution in [0.5, 0.6) is 5.75 Å². The molecule has 22 heavy (non-hydrogen) atoms. The van der Waals surface area contributed by atoms with Crippen LogP contribution in [0.4, 0.5) is 5.69 Å². The molecule has 0 unspecified atom stereocenters. The van der Waals surface area contributed by atoms with Crippen molar-refractivity contribution >= 4 is 17.6 Å². The molecule has 0 aliphatic rings. The minimum atomic E-state index is -0.878. The van der Waals surface area contributed by atoms with Crippen molar-refractivity contribution in [1.29, 1.82) is 0 Å². The van der Waals surface area contributed by atoms with Gasteiger partial charge in [0.15, 0.2) is 0 Å². The van der Waals surface area contributed by atoms with Gasteiger partial charge in [-0.1, -0.05) is 24.3 Å². The van der Waals surface area contributed by atoms with Crippen LogP contribution in [0.15, 0.2) is 48.5 Å². The molecule has 0 radical (unpaired) electrons. The monoisotopic (exact) mass is 299 g/mol. The minimum absolute atomic E-state index is 0.0277. The number of hydrogen-bond acceptors (Lipinski definition) is 3. The summed E-state index contributed by atoms with van der Waals surface area (Å²) in [5.41, 5.74) is 2.23. The Hall–Kier alpha value is -2.82. The van der Waals surface area contributed by atoms with Crippen LogP contribution in [0.3, 0.4) is 0 Å². The van der Waals surface area contributed by atoms with Crippen molar-refractivity contribution in [2.45, 2.75) is 12.8 Å². The van der Waals surface area contributed by atoms with E-state index in [2.05, 4.69) is 5.32 Å². The van der Waals surface area contributed by atoms with Crippen LogP contribution in [0.2, 0.25) is 0 Å². The molecule has 5 heteroatoms. The number of carboxylic acid groups (broad SMARTS) is 1. The number of amides is 1. The Morgan fingerprint density at radius 1 is 0.955 bits per heavy atom. The molecule has 114 valence electrons. The number of nitrogens with one attached hydrogen (secondary N) is 1. The number of aliphatic carboxylic acids is 1. The second kappa shape index (κ2) is 7.26. The summed E-state index contributed by atoms with van der Waals surface area (Å²) in [7, 11) is 1.59. The lowest BCUT2D eigenvalue weighted by Gasteiger charge is -2.07. The van der Waals surface area contributed by atoms with E-state index in [4.69, 9.17) is 9.84 Å². The van der Waals surface area contributed by atoms with Crippen molar-refractivity contribution in [3.63, 3.8) is 0 Å². The van der Waals surface area contributed by atoms with E-state index < -0.39 is 5.97 Å². The fourth-order valence-corrected chi connectivity index (χ4v) is 2.01. The summed E-state index contributed by atoms with van der Waals surface area (Å²) in [5.74, 6) is -0.259. The van der Waals surface area contributed by atoms with Gasteiger partial charge in [0.05, 0.1) is 20.0 Å². The molecular weight excluding hydrogens is 282 g/mol. The van der Waals surface area contributed by atoms with Gasteiger partial charge >= 0.3 is 5.97 Å². The normalized spacial score (nSPS) is 10.0. The Kier molecular flexibility index (Phi) is 5.14. The fourth-order valence-electron chi connectivity index (χ4n) is 2.01. The lowest BCUT2D eigenvalue weighted by Crippen LogP contribution is -2.14. The highest BCUT2D eigenvalue weighted by Gasteiger charge is 2.05. The Labute approximate surface area is 128 Å². The van der Waals surface area contributed by atoms with E-state index in [-0.39, 0.29) is 18.7 Å². The molecule has 2 N–H and O–H groups in total. The number of hydrogen-bond donors (Lipinski definition) is 2. The van der Waals surface area contributed by atoms with Gasteiger partial charge in [0.2, 0.25) is 5.91 Å². The van der Waals surface area contributed by atoms with E-state index in [0.29, 0.717) is 11.3 Å². The average molecular weight is 299 g/mol. The highest BCUT2D eigenvalue weighted by atomic mass is 16.5. The molecule has 2 aromatic carbocycles. The van der Waals surface area contributed by atoms with Crippen molar-refractivity contribution in [2.75, 3.05) is 12.4 Å². The molecule has 0 saturated heterocycles. The largest absolute Gasteiger partial charge is 0.497 e. The van der Waals surface area contributed by atoms with Gasteiger partial charge in [0, 0.05) is 5.69 Å². The van der Waals surface area contributed by atoms with Gasteiger partial charge in [-0.25, -0.2) is 0 Å². The average Bonchev–Trinajstić information content (AvgIpc) is 2.49. The summed E-state index contributed by atoms with van der Waals surface area (Å²) in [6, 6.07) is 14.1. The van der Waals surface area contributed by atoms with E-state index in [1.54, 1.807) is 31.4 Å². The van der Waals surface area contributed by atoms with Crippen LogP contribution in [0, 0.1) is 0 Å². The molecule has 1 amide bonds. The first kappa shape index (κ1) is 15.6. The molecule has 0 spiro atoms. The fraction of sp³-hybridized carbons (Fsp3) is 0.176. The maximum absolute atomic E-state index is 12.0. The summed E-state index contributed by atoms with van der Waals surface area (Å²) < 4.78 is 5.07. The third-order valence-corrected chi connectivity index (χ3v) is 3.12. The van der Waals surface area contributed by atoms with Crippen LogP contribution in [-0.2, 0) is 22.4 Å². The van der Waals surface area contributed by atoms with Gasteiger partial charge in [-0.3, -0.25) is 9.59 Å². The van der Waals surface area contributed by atoms with Gasteiger partial charge < -0.3 is 15.2 Å². The van der Waals surface area contributed by atoms with E-state index >= 15 is 0 Å². The molecule has 2 rings (SSSR count). The molecule has 0 fully saturated rings. The van der Waals surface area contributed by atoms with Gasteiger partial charge in [-0.15, -0.1) is 0 Å². The van der Waals surface area contributed by atoms with Crippen LogP contribution in [0.25, 0.3) is 0 Å². The van der Waals surface area contributed by atoms with Crippen molar-refractivity contribution in [2.24, 2.45) is 0 Å². The minimum Gasteiger partial charge on any atom is -0.497 e. The molecule has 0 heterocycles. The van der Waals surface area contributed by atoms with Crippen molar-refractivity contribution in [3.8, 4) is 5.75 Å². The van der Waals surface area contributed by atoms with E-state index in [1.165, 1.54) is 0 Å². The highest BCUT2D eigenvalue weighted by molar-refractivity contribution is 5.92. The number of carbonyl (C=O) groups excluding carboxylic acids is 1. The first-order valence-electron chi connectivity index (χ1n) is 6.80. The SMILES string of the molecule is COc1ccc(CC(=O)Nc2ccc(CC(=O)O)cc2)cc1. The molecular formula is C17H17NO4. The smallest absolute Gasteiger partial charge is 0.307 e. The van der Waals surface area contributed by atoms with E-state index in [1.807, 2.05) is 24.3 Å². The first-order chi connectivity index (χ1) is 10.6. The van der Waals surface area contributed by atoms with Crippen LogP contribution in [0.1, 0.15) is 11.1 Å². The highest BCUT2D eigenvalue weighted by Crippen LogP contribution is 2.13. The number of carbonyl (C=O) groups is 2. The Morgan fingerprint density at radius 3 is 2.05 bits per heavy atom. The van der Waals surface area contributed by atoms with E-state index in [0.717, 1.165) is 11.3 Å². The number of ether oxygens (including phenoxy) is 1. The molecule has 5 nitrogen and oxygen atoms in total. The molecule has 0 atom stereocenters. The van der Waals surface area contributed by atoms with Gasteiger partial charge in [0.1, 0.15) is 5.75 Å². The second-order valence-corrected chi connectivity index (χ2v) is 4.84. The summed E-state index contributed by atoms with van der Waals surface area (Å²) in [6.07, 6.45) is 0.237. The zero-order valence-electron chi connectivity index (χ0n) is 12.2. The number of rotatable bonds is 6. The molecule has 0 saturated carbocycles. The Bertz CT molecular complexity index is 647. The Morgan fingerprint density at radius 2 is 1.50 bits per heavy atom. The third-order valence-electron chi connectivity index (χ3n) is 3.12. The zero-order valence-corrected chi connectivity index (χ0v) is 12.2. The predicted molar refractivity (Wildman–Crippen MR) is 83.1 cm³/mol. The molecule has 0 aliphatic heterocycles. The predicted octanol–water partition coefficient (Wildman–Crippen LogP) is 2.50. The molecule has 0 aliphatic carbocycles. The maximum Gasteiger partial charge on any atom is 0.307 e. The first-order valence-corrected chi connectivity index (χ1v) is 6.80. The number of methoxy groups -OCH3 is 1. The van der Waals surface area contributed by atoms with Crippen LogP contribution in [-0.4, -0.2) is 24.1 Å². The van der Waals surface area contributed by atoms with Gasteiger partial charge in [0.25, 0.3) is 0 Å². The van der Waals surface area contributed by atoms with Crippen molar-refractivity contribution in [1.82, 2.24) is 0 Å². The summed E-state index contributed by atoms with van der Waals surface area (Å²) in [6.45, 7) is 0. The van der Waals surface area contributed by atoms with Gasteiger partial charge in [-0.2, -0.15) is 0 Å². The Balaban J connectivity index is 1.92. The topological polar surface area (TPSA) is 75.6 Å². The zero-order chi connectivity index (χ0) is 15.9. The summed E-state index contributed by atoms with van der Waals surface area (Å²) in [4.78, 5) is 22.6. The second-order valence-electron chi connectivity index (χ2n) is 4.84. The molecule has 2 aromatic rings. The van der Waals surface area contributed by atoms with Crippen LogP contribution < -0.4 is 10.1 Å². The maximum atomic E-state index is 12.0. The number of benzene rings is 2. The lowest BCUT2D eigenvalue weighted by molar-refractivity contribution is -0.136. The summed E-state index contributed by atoms with van der Waals surface area (Å²) in [5, 5.41) is 11.5. The van der Waals surface area contributed by atoms with Crippen molar-refractivity contribution < 1.29 is 19.4 Å². The third kappa shape index (κ3) is 4.63. The van der Waals surface area contributed by atoms with E-state index in [9.17, 15) is 9.59 Å². The quantitative estimate of drug-likeness (QED) is 0.859. The number of anilines is 1. The van der Waals surface area contributed by atoms with Crippen LogP contribution >= 0.6 is 0 Å². The standard InChI is InChI=1S/C17H17NO4/c1-22-15-8-4-12(5-9-15)10-16(19)18-14-6-2-13(3-7-14)11-17(20)21/h2-9H,10-11H2,1H3,(H,18,19)(H,20,21). The number of carboxylic acids is 1.